The summed E-state index contributed by atoms with van der Waals surface area (Å²) < 4.78 is 1.88. The Bertz CT molecular complexity index is 808. The van der Waals surface area contributed by atoms with E-state index < -0.39 is 0 Å². The van der Waals surface area contributed by atoms with Gasteiger partial charge in [-0.05, 0) is 43.0 Å². The SMILES string of the molecule is Cn1cc(CN2CC[C@H](Cc3cnc4ccccc4c3)C2)cn1. The number of aromatic nitrogens is 3. The van der Waals surface area contributed by atoms with Crippen molar-refractivity contribution >= 4 is 10.9 Å². The van der Waals surface area contributed by atoms with Gasteiger partial charge < -0.3 is 0 Å². The van der Waals surface area contributed by atoms with E-state index in [1.807, 2.05) is 30.2 Å². The number of fused-ring (bicyclic) bond motifs is 1. The van der Waals surface area contributed by atoms with Crippen molar-refractivity contribution in [3.8, 4) is 0 Å². The fourth-order valence-corrected chi connectivity index (χ4v) is 3.60. The van der Waals surface area contributed by atoms with E-state index in [0.717, 1.165) is 24.4 Å². The van der Waals surface area contributed by atoms with Crippen molar-refractivity contribution in [3.63, 3.8) is 0 Å². The molecule has 23 heavy (non-hydrogen) atoms. The summed E-state index contributed by atoms with van der Waals surface area (Å²) in [6.07, 6.45) is 8.53. The van der Waals surface area contributed by atoms with Crippen LogP contribution < -0.4 is 0 Å². The van der Waals surface area contributed by atoms with Crippen LogP contribution in [-0.4, -0.2) is 32.8 Å². The van der Waals surface area contributed by atoms with Gasteiger partial charge >= 0.3 is 0 Å². The largest absolute Gasteiger partial charge is 0.299 e. The highest BCUT2D eigenvalue weighted by atomic mass is 15.2. The van der Waals surface area contributed by atoms with Crippen LogP contribution in [0.3, 0.4) is 0 Å². The van der Waals surface area contributed by atoms with E-state index >= 15 is 0 Å². The number of benzene rings is 1. The molecule has 4 rings (SSSR count). The van der Waals surface area contributed by atoms with Crippen molar-refractivity contribution in [1.29, 1.82) is 0 Å². The van der Waals surface area contributed by atoms with Crippen molar-refractivity contribution in [1.82, 2.24) is 19.7 Å². The molecule has 0 unspecified atom stereocenters. The van der Waals surface area contributed by atoms with E-state index in [1.54, 1.807) is 0 Å². The summed E-state index contributed by atoms with van der Waals surface area (Å²) in [5.74, 6) is 0.731. The zero-order valence-corrected chi connectivity index (χ0v) is 13.5. The van der Waals surface area contributed by atoms with Crippen LogP contribution in [0.5, 0.6) is 0 Å². The van der Waals surface area contributed by atoms with E-state index in [-0.39, 0.29) is 0 Å². The van der Waals surface area contributed by atoms with Gasteiger partial charge in [0.1, 0.15) is 0 Å². The van der Waals surface area contributed by atoms with Gasteiger partial charge in [-0.25, -0.2) is 0 Å². The van der Waals surface area contributed by atoms with Crippen LogP contribution in [0, 0.1) is 5.92 Å². The minimum Gasteiger partial charge on any atom is -0.299 e. The second-order valence-electron chi connectivity index (χ2n) is 6.65. The summed E-state index contributed by atoms with van der Waals surface area (Å²) in [6, 6.07) is 10.6. The predicted octanol–water partition coefficient (Wildman–Crippen LogP) is 3.03. The second kappa shape index (κ2) is 6.13. The van der Waals surface area contributed by atoms with Gasteiger partial charge in [0.2, 0.25) is 0 Å². The maximum atomic E-state index is 4.59. The van der Waals surface area contributed by atoms with Gasteiger partial charge in [0.05, 0.1) is 11.7 Å². The molecule has 1 atom stereocenters. The molecule has 4 nitrogen and oxygen atoms in total. The van der Waals surface area contributed by atoms with Crippen LogP contribution >= 0.6 is 0 Å². The Hall–Kier alpha value is -2.20. The average Bonchev–Trinajstić information content (AvgIpc) is 3.17. The second-order valence-corrected chi connectivity index (χ2v) is 6.65. The number of rotatable bonds is 4. The molecule has 0 radical (unpaired) electrons. The predicted molar refractivity (Wildman–Crippen MR) is 92.0 cm³/mol. The molecule has 0 amide bonds. The van der Waals surface area contributed by atoms with Crippen molar-refractivity contribution in [2.75, 3.05) is 13.1 Å². The first-order valence-electron chi connectivity index (χ1n) is 8.30. The van der Waals surface area contributed by atoms with Crippen LogP contribution in [-0.2, 0) is 20.0 Å². The highest BCUT2D eigenvalue weighted by molar-refractivity contribution is 5.78. The molecule has 2 aromatic heterocycles. The molecule has 1 saturated heterocycles. The van der Waals surface area contributed by atoms with Crippen LogP contribution in [0.15, 0.2) is 48.9 Å². The molecule has 3 heterocycles. The highest BCUT2D eigenvalue weighted by Gasteiger charge is 2.23. The lowest BCUT2D eigenvalue weighted by Gasteiger charge is -2.15. The number of hydrogen-bond donors (Lipinski definition) is 0. The molecule has 3 aromatic rings. The lowest BCUT2D eigenvalue weighted by molar-refractivity contribution is 0.316. The van der Waals surface area contributed by atoms with Crippen molar-refractivity contribution < 1.29 is 0 Å². The fraction of sp³-hybridized carbons (Fsp3) is 0.368. The first kappa shape index (κ1) is 14.4. The normalized spacial score (nSPS) is 18.7. The number of hydrogen-bond acceptors (Lipinski definition) is 3. The Morgan fingerprint density at radius 3 is 2.96 bits per heavy atom. The van der Waals surface area contributed by atoms with Crippen molar-refractivity contribution in [2.24, 2.45) is 13.0 Å². The molecule has 0 N–H and O–H groups in total. The van der Waals surface area contributed by atoms with E-state index in [0.29, 0.717) is 0 Å². The van der Waals surface area contributed by atoms with Gasteiger partial charge in [-0.15, -0.1) is 0 Å². The topological polar surface area (TPSA) is 34.0 Å². The van der Waals surface area contributed by atoms with Gasteiger partial charge in [0.15, 0.2) is 0 Å². The molecular formula is C19H22N4. The minimum absolute atomic E-state index is 0.731. The zero-order chi connectivity index (χ0) is 15.6. The summed E-state index contributed by atoms with van der Waals surface area (Å²) in [7, 11) is 1.98. The van der Waals surface area contributed by atoms with Gasteiger partial charge in [-0.2, -0.15) is 5.10 Å². The smallest absolute Gasteiger partial charge is 0.0702 e. The quantitative estimate of drug-likeness (QED) is 0.743. The molecule has 0 bridgehead atoms. The Morgan fingerprint density at radius 1 is 1.17 bits per heavy atom. The molecule has 1 fully saturated rings. The number of para-hydroxylation sites is 1. The summed E-state index contributed by atoms with van der Waals surface area (Å²) in [4.78, 5) is 7.13. The monoisotopic (exact) mass is 306 g/mol. The molecule has 1 aromatic carbocycles. The number of aryl methyl sites for hydroxylation is 1. The lowest BCUT2D eigenvalue weighted by atomic mass is 9.99. The third kappa shape index (κ3) is 3.27. The van der Waals surface area contributed by atoms with Crippen molar-refractivity contribution in [2.45, 2.75) is 19.4 Å². The fourth-order valence-electron chi connectivity index (χ4n) is 3.60. The molecule has 0 saturated carbocycles. The Kier molecular flexibility index (Phi) is 3.83. The molecule has 1 aliphatic heterocycles. The van der Waals surface area contributed by atoms with Crippen LogP contribution in [0.25, 0.3) is 10.9 Å². The van der Waals surface area contributed by atoms with E-state index in [1.165, 1.54) is 36.0 Å². The molecule has 4 heteroatoms. The van der Waals surface area contributed by atoms with Crippen LogP contribution in [0.4, 0.5) is 0 Å². The van der Waals surface area contributed by atoms with E-state index in [4.69, 9.17) is 0 Å². The molecule has 0 spiro atoms. The summed E-state index contributed by atoms with van der Waals surface area (Å²) in [5, 5.41) is 5.50. The maximum Gasteiger partial charge on any atom is 0.0702 e. The average molecular weight is 306 g/mol. The van der Waals surface area contributed by atoms with Crippen LogP contribution in [0.2, 0.25) is 0 Å². The Labute approximate surface area is 136 Å². The zero-order valence-electron chi connectivity index (χ0n) is 13.5. The van der Waals surface area contributed by atoms with Crippen LogP contribution in [0.1, 0.15) is 17.5 Å². The van der Waals surface area contributed by atoms with Gasteiger partial charge in [0, 0.05) is 43.5 Å². The summed E-state index contributed by atoms with van der Waals surface area (Å²) in [6.45, 7) is 3.36. The minimum atomic E-state index is 0.731. The molecule has 118 valence electrons. The molecular weight excluding hydrogens is 284 g/mol. The lowest BCUT2D eigenvalue weighted by Crippen LogP contribution is -2.20. The Morgan fingerprint density at radius 2 is 2.09 bits per heavy atom. The van der Waals surface area contributed by atoms with E-state index in [9.17, 15) is 0 Å². The first-order valence-corrected chi connectivity index (χ1v) is 8.30. The maximum absolute atomic E-state index is 4.59. The van der Waals surface area contributed by atoms with Gasteiger partial charge in [-0.3, -0.25) is 14.6 Å². The summed E-state index contributed by atoms with van der Waals surface area (Å²) >= 11 is 0. The molecule has 1 aliphatic rings. The Balaban J connectivity index is 1.39. The number of pyridine rings is 1. The van der Waals surface area contributed by atoms with E-state index in [2.05, 4.69) is 45.4 Å². The van der Waals surface area contributed by atoms with Gasteiger partial charge in [-0.1, -0.05) is 18.2 Å². The number of nitrogens with zero attached hydrogens (tertiary/aromatic N) is 4. The third-order valence-electron chi connectivity index (χ3n) is 4.71. The number of likely N-dealkylation sites (tertiary alicyclic amines) is 1. The highest BCUT2D eigenvalue weighted by Crippen LogP contribution is 2.23. The molecule has 0 aliphatic carbocycles. The summed E-state index contributed by atoms with van der Waals surface area (Å²) in [5.41, 5.74) is 3.75. The standard InChI is InChI=1S/C19H22N4/c1-22-12-17(11-21-22)14-23-7-6-15(13-23)8-16-9-18-4-2-3-5-19(18)20-10-16/h2-5,9-12,15H,6-8,13-14H2,1H3/t15-/m1/s1. The third-order valence-corrected chi connectivity index (χ3v) is 4.71. The first-order chi connectivity index (χ1) is 11.3. The van der Waals surface area contributed by atoms with Gasteiger partial charge in [0.25, 0.3) is 0 Å². The van der Waals surface area contributed by atoms with Crippen molar-refractivity contribution in [3.05, 3.63) is 60.0 Å².